The minimum Gasteiger partial charge on any atom is -0.480 e. The average molecular weight is 307 g/mol. The molecule has 1 aromatic rings. The van der Waals surface area contributed by atoms with E-state index in [1.165, 1.54) is 17.0 Å². The fourth-order valence-electron chi connectivity index (χ4n) is 1.82. The van der Waals surface area contributed by atoms with Gasteiger partial charge < -0.3 is 5.11 Å². The highest BCUT2D eigenvalue weighted by atomic mass is 35.5. The number of hydrogen-bond donors (Lipinski definition) is 1. The van der Waals surface area contributed by atoms with Crippen LogP contribution >= 0.6 is 12.4 Å². The molecule has 0 aromatic heterocycles. The van der Waals surface area contributed by atoms with Crippen molar-refractivity contribution >= 4 is 24.1 Å². The topological polar surface area (TPSA) is 83.7 Å². The molecular weight excluding hydrogens is 291 g/mol. The van der Waals surface area contributed by atoms with Gasteiger partial charge in [0.15, 0.2) is 0 Å². The maximum absolute atomic E-state index is 13.7. The summed E-state index contributed by atoms with van der Waals surface area (Å²) in [4.78, 5) is 22.4. The first-order valence-corrected chi connectivity index (χ1v) is 5.81. The van der Waals surface area contributed by atoms with Gasteiger partial charge in [-0.2, -0.15) is 0 Å². The first-order valence-electron chi connectivity index (χ1n) is 5.81. The molecule has 0 bridgehead atoms. The smallest absolute Gasteiger partial charge is 0.317 e. The largest absolute Gasteiger partial charge is 0.480 e. The Morgan fingerprint density at radius 1 is 1.50 bits per heavy atom. The van der Waals surface area contributed by atoms with Gasteiger partial charge in [-0.15, -0.1) is 12.4 Å². The van der Waals surface area contributed by atoms with E-state index in [9.17, 15) is 19.3 Å². The molecule has 0 aliphatic carbocycles. The fraction of sp³-hybridized carbons (Fsp3) is 0.417. The Balaban J connectivity index is 0.00000361. The standard InChI is InChI=1S/C12H15FN2O4.ClH/c1-2-6-14(8-12(16)17)7-9-10(13)4-3-5-11(9)15(18)19;/h3-5H,2,6-8H2,1H3,(H,16,17);1H. The van der Waals surface area contributed by atoms with E-state index in [1.54, 1.807) is 0 Å². The number of carboxylic acids is 1. The molecule has 0 aliphatic heterocycles. The van der Waals surface area contributed by atoms with E-state index < -0.39 is 16.7 Å². The van der Waals surface area contributed by atoms with Crippen LogP contribution in [-0.2, 0) is 11.3 Å². The van der Waals surface area contributed by atoms with Gasteiger partial charge in [-0.05, 0) is 19.0 Å². The van der Waals surface area contributed by atoms with Crippen LogP contribution in [0.3, 0.4) is 0 Å². The third kappa shape index (κ3) is 5.10. The number of hydrogen-bond acceptors (Lipinski definition) is 4. The van der Waals surface area contributed by atoms with Crippen molar-refractivity contribution in [3.8, 4) is 0 Å². The molecule has 0 saturated heterocycles. The predicted octanol–water partition coefficient (Wildman–Crippen LogP) is 2.45. The molecule has 6 nitrogen and oxygen atoms in total. The number of halogens is 2. The van der Waals surface area contributed by atoms with Crippen molar-refractivity contribution in [2.75, 3.05) is 13.1 Å². The number of carbonyl (C=O) groups is 1. The summed E-state index contributed by atoms with van der Waals surface area (Å²) in [6.07, 6.45) is 0.676. The Hall–Kier alpha value is -1.73. The number of aliphatic carboxylic acids is 1. The maximum atomic E-state index is 13.7. The lowest BCUT2D eigenvalue weighted by Crippen LogP contribution is -2.30. The molecule has 112 valence electrons. The molecule has 20 heavy (non-hydrogen) atoms. The van der Waals surface area contributed by atoms with Crippen molar-refractivity contribution in [1.82, 2.24) is 4.90 Å². The van der Waals surface area contributed by atoms with Crippen molar-refractivity contribution in [1.29, 1.82) is 0 Å². The van der Waals surface area contributed by atoms with Gasteiger partial charge in [0, 0.05) is 12.6 Å². The van der Waals surface area contributed by atoms with Crippen LogP contribution in [0, 0.1) is 15.9 Å². The Morgan fingerprint density at radius 2 is 2.15 bits per heavy atom. The van der Waals surface area contributed by atoms with E-state index in [0.717, 1.165) is 6.07 Å². The third-order valence-corrected chi connectivity index (χ3v) is 2.57. The van der Waals surface area contributed by atoms with E-state index in [0.29, 0.717) is 13.0 Å². The van der Waals surface area contributed by atoms with Crippen LogP contribution in [-0.4, -0.2) is 34.0 Å². The summed E-state index contributed by atoms with van der Waals surface area (Å²) < 4.78 is 13.7. The highest BCUT2D eigenvalue weighted by molar-refractivity contribution is 5.85. The van der Waals surface area contributed by atoms with Gasteiger partial charge >= 0.3 is 5.97 Å². The van der Waals surface area contributed by atoms with Crippen molar-refractivity contribution in [2.24, 2.45) is 0 Å². The van der Waals surface area contributed by atoms with Crippen LogP contribution in [0.4, 0.5) is 10.1 Å². The second kappa shape index (κ2) is 8.44. The maximum Gasteiger partial charge on any atom is 0.317 e. The number of nitro groups is 1. The first-order chi connectivity index (χ1) is 8.95. The molecule has 8 heteroatoms. The Labute approximate surface area is 121 Å². The van der Waals surface area contributed by atoms with Crippen LogP contribution < -0.4 is 0 Å². The minimum absolute atomic E-state index is 0. The quantitative estimate of drug-likeness (QED) is 0.618. The Bertz CT molecular complexity index is 485. The highest BCUT2D eigenvalue weighted by Gasteiger charge is 2.21. The van der Waals surface area contributed by atoms with Crippen LogP contribution in [0.15, 0.2) is 18.2 Å². The molecule has 0 heterocycles. The highest BCUT2D eigenvalue weighted by Crippen LogP contribution is 2.23. The number of nitrogens with zero attached hydrogens (tertiary/aromatic N) is 2. The summed E-state index contributed by atoms with van der Waals surface area (Å²) in [6.45, 7) is 1.91. The summed E-state index contributed by atoms with van der Waals surface area (Å²) in [5, 5.41) is 19.6. The SMILES string of the molecule is CCCN(CC(=O)O)Cc1c(F)cccc1[N+](=O)[O-].Cl. The zero-order chi connectivity index (χ0) is 14.4. The lowest BCUT2D eigenvalue weighted by Gasteiger charge is -2.19. The summed E-state index contributed by atoms with van der Waals surface area (Å²) in [5.74, 6) is -1.74. The van der Waals surface area contributed by atoms with Gasteiger partial charge in [-0.3, -0.25) is 19.8 Å². The van der Waals surface area contributed by atoms with Crippen LogP contribution in [0.2, 0.25) is 0 Å². The van der Waals surface area contributed by atoms with Crippen molar-refractivity contribution < 1.29 is 19.2 Å². The second-order valence-corrected chi connectivity index (χ2v) is 4.10. The summed E-state index contributed by atoms with van der Waals surface area (Å²) in [5.41, 5.74) is -0.409. The predicted molar refractivity (Wildman–Crippen MR) is 73.5 cm³/mol. The minimum atomic E-state index is -1.05. The van der Waals surface area contributed by atoms with Crippen LogP contribution in [0.25, 0.3) is 0 Å². The van der Waals surface area contributed by atoms with Gasteiger partial charge in [-0.25, -0.2) is 4.39 Å². The second-order valence-electron chi connectivity index (χ2n) is 4.10. The molecule has 0 saturated carbocycles. The molecule has 0 amide bonds. The Morgan fingerprint density at radius 3 is 2.65 bits per heavy atom. The molecule has 0 radical (unpaired) electrons. The molecule has 0 fully saturated rings. The summed E-state index contributed by atoms with van der Waals surface area (Å²) in [7, 11) is 0. The van der Waals surface area contributed by atoms with Crippen molar-refractivity contribution in [3.05, 3.63) is 39.7 Å². The lowest BCUT2D eigenvalue weighted by atomic mass is 10.1. The molecule has 0 aliphatic rings. The van der Waals surface area contributed by atoms with Gasteiger partial charge in [0.1, 0.15) is 5.82 Å². The van der Waals surface area contributed by atoms with Gasteiger partial charge in [0.05, 0.1) is 17.0 Å². The fourth-order valence-corrected chi connectivity index (χ4v) is 1.82. The number of carboxylic acid groups (broad SMARTS) is 1. The van der Waals surface area contributed by atoms with E-state index >= 15 is 0 Å². The van der Waals surface area contributed by atoms with Crippen molar-refractivity contribution in [2.45, 2.75) is 19.9 Å². The van der Waals surface area contributed by atoms with Gasteiger partial charge in [-0.1, -0.05) is 13.0 Å². The lowest BCUT2D eigenvalue weighted by molar-refractivity contribution is -0.386. The van der Waals surface area contributed by atoms with Gasteiger partial charge in [0.2, 0.25) is 0 Å². The van der Waals surface area contributed by atoms with E-state index in [1.807, 2.05) is 6.92 Å². The first kappa shape index (κ1) is 18.3. The monoisotopic (exact) mass is 306 g/mol. The normalized spacial score (nSPS) is 10.2. The Kier molecular flexibility index (Phi) is 7.71. The zero-order valence-electron chi connectivity index (χ0n) is 10.9. The molecule has 0 atom stereocenters. The number of benzene rings is 1. The van der Waals surface area contributed by atoms with Gasteiger partial charge in [0.25, 0.3) is 5.69 Å². The summed E-state index contributed by atoms with van der Waals surface area (Å²) >= 11 is 0. The van der Waals surface area contributed by atoms with E-state index in [-0.39, 0.29) is 36.7 Å². The molecule has 1 rings (SSSR count). The molecule has 0 unspecified atom stereocenters. The van der Waals surface area contributed by atoms with Crippen LogP contribution in [0.5, 0.6) is 0 Å². The average Bonchev–Trinajstić information content (AvgIpc) is 2.30. The van der Waals surface area contributed by atoms with Crippen LogP contribution in [0.1, 0.15) is 18.9 Å². The molecular formula is C12H16ClFN2O4. The number of nitro benzene ring substituents is 1. The zero-order valence-corrected chi connectivity index (χ0v) is 11.7. The molecule has 1 aromatic carbocycles. The summed E-state index contributed by atoms with van der Waals surface area (Å²) in [6, 6.07) is 3.61. The third-order valence-electron chi connectivity index (χ3n) is 2.57. The number of rotatable bonds is 7. The molecule has 0 spiro atoms. The van der Waals surface area contributed by atoms with E-state index in [4.69, 9.17) is 5.11 Å². The molecule has 1 N–H and O–H groups in total. The van der Waals surface area contributed by atoms with Crippen molar-refractivity contribution in [3.63, 3.8) is 0 Å². The van der Waals surface area contributed by atoms with E-state index in [2.05, 4.69) is 0 Å².